The van der Waals surface area contributed by atoms with Gasteiger partial charge in [-0.2, -0.15) is 0 Å². The minimum absolute atomic E-state index is 0.0394. The standard InChI is InChI=1S/C14H18O5S/c1-19-11-6-8-12(9-7-11)20(17,18)13(14(15)16)10-4-2-3-5-10/h6-10,13H,2-5H2,1H3,(H,15,16). The summed E-state index contributed by atoms with van der Waals surface area (Å²) < 4.78 is 30.1. The van der Waals surface area contributed by atoms with Crippen LogP contribution < -0.4 is 4.74 Å². The van der Waals surface area contributed by atoms with Gasteiger partial charge in [0.25, 0.3) is 0 Å². The number of carbonyl (C=O) groups is 1. The van der Waals surface area contributed by atoms with Crippen LogP contribution in [0.1, 0.15) is 25.7 Å². The Morgan fingerprint density at radius 2 is 1.80 bits per heavy atom. The highest BCUT2D eigenvalue weighted by molar-refractivity contribution is 7.92. The normalized spacial score (nSPS) is 17.9. The van der Waals surface area contributed by atoms with Crippen molar-refractivity contribution in [1.29, 1.82) is 0 Å². The Hall–Kier alpha value is -1.56. The van der Waals surface area contributed by atoms with Gasteiger partial charge in [0, 0.05) is 0 Å². The molecule has 1 N–H and O–H groups in total. The van der Waals surface area contributed by atoms with Crippen molar-refractivity contribution in [1.82, 2.24) is 0 Å². The van der Waals surface area contributed by atoms with Crippen molar-refractivity contribution in [3.8, 4) is 5.75 Å². The third-order valence-corrected chi connectivity index (χ3v) is 5.98. The summed E-state index contributed by atoms with van der Waals surface area (Å²) in [4.78, 5) is 11.5. The highest BCUT2D eigenvalue weighted by Gasteiger charge is 2.41. The lowest BCUT2D eigenvalue weighted by Gasteiger charge is -2.19. The summed E-state index contributed by atoms with van der Waals surface area (Å²) in [6, 6.07) is 5.86. The lowest BCUT2D eigenvalue weighted by Crippen LogP contribution is -2.36. The van der Waals surface area contributed by atoms with Crippen molar-refractivity contribution in [3.63, 3.8) is 0 Å². The van der Waals surface area contributed by atoms with E-state index in [2.05, 4.69) is 0 Å². The van der Waals surface area contributed by atoms with Crippen molar-refractivity contribution in [3.05, 3.63) is 24.3 Å². The molecule has 0 aromatic heterocycles. The van der Waals surface area contributed by atoms with Gasteiger partial charge in [-0.1, -0.05) is 12.8 Å². The molecule has 1 atom stereocenters. The predicted octanol–water partition coefficient (Wildman–Crippen LogP) is 2.11. The smallest absolute Gasteiger partial charge is 0.322 e. The molecule has 0 aliphatic heterocycles. The average molecular weight is 298 g/mol. The highest BCUT2D eigenvalue weighted by atomic mass is 32.2. The number of methoxy groups -OCH3 is 1. The Kier molecular flexibility index (Phi) is 4.32. The molecule has 0 saturated heterocycles. The number of carboxylic acid groups (broad SMARTS) is 1. The molecule has 0 radical (unpaired) electrons. The van der Waals surface area contributed by atoms with Gasteiger partial charge >= 0.3 is 5.97 Å². The van der Waals surface area contributed by atoms with E-state index in [0.29, 0.717) is 18.6 Å². The fourth-order valence-electron chi connectivity index (χ4n) is 2.76. The van der Waals surface area contributed by atoms with Crippen LogP contribution in [-0.4, -0.2) is 31.9 Å². The molecule has 0 heterocycles. The van der Waals surface area contributed by atoms with E-state index >= 15 is 0 Å². The van der Waals surface area contributed by atoms with Crippen molar-refractivity contribution < 1.29 is 23.1 Å². The first-order valence-corrected chi connectivity index (χ1v) is 8.12. The van der Waals surface area contributed by atoms with Crippen LogP contribution in [0.2, 0.25) is 0 Å². The van der Waals surface area contributed by atoms with E-state index in [1.54, 1.807) is 0 Å². The van der Waals surface area contributed by atoms with E-state index < -0.39 is 21.1 Å². The van der Waals surface area contributed by atoms with Crippen LogP contribution in [0.3, 0.4) is 0 Å². The number of hydrogen-bond donors (Lipinski definition) is 1. The maximum atomic E-state index is 12.5. The van der Waals surface area contributed by atoms with Gasteiger partial charge in [0.1, 0.15) is 5.75 Å². The number of ether oxygens (including phenoxy) is 1. The van der Waals surface area contributed by atoms with Gasteiger partial charge in [-0.25, -0.2) is 8.42 Å². The summed E-state index contributed by atoms with van der Waals surface area (Å²) in [5.41, 5.74) is 0. The Labute approximate surface area is 118 Å². The molecule has 5 nitrogen and oxygen atoms in total. The quantitative estimate of drug-likeness (QED) is 0.900. The number of aliphatic carboxylic acids is 1. The van der Waals surface area contributed by atoms with Gasteiger partial charge < -0.3 is 9.84 Å². The maximum Gasteiger partial charge on any atom is 0.322 e. The number of sulfone groups is 1. The minimum atomic E-state index is -3.86. The van der Waals surface area contributed by atoms with E-state index in [0.717, 1.165) is 12.8 Å². The van der Waals surface area contributed by atoms with Crippen LogP contribution in [0, 0.1) is 5.92 Å². The molecule has 1 aromatic carbocycles. The molecule has 20 heavy (non-hydrogen) atoms. The van der Waals surface area contributed by atoms with Gasteiger partial charge in [0.05, 0.1) is 12.0 Å². The lowest BCUT2D eigenvalue weighted by molar-refractivity contribution is -0.137. The topological polar surface area (TPSA) is 80.7 Å². The Bertz CT molecular complexity index is 570. The molecule has 6 heteroatoms. The number of hydrogen-bond acceptors (Lipinski definition) is 4. The van der Waals surface area contributed by atoms with Crippen molar-refractivity contribution in [2.75, 3.05) is 7.11 Å². The van der Waals surface area contributed by atoms with Gasteiger partial charge in [-0.05, 0) is 43.0 Å². The largest absolute Gasteiger partial charge is 0.497 e. The highest BCUT2D eigenvalue weighted by Crippen LogP contribution is 2.34. The second kappa shape index (κ2) is 5.83. The van der Waals surface area contributed by atoms with E-state index in [-0.39, 0.29) is 10.8 Å². The molecule has 110 valence electrons. The first kappa shape index (κ1) is 14.8. The first-order valence-electron chi connectivity index (χ1n) is 6.57. The fraction of sp³-hybridized carbons (Fsp3) is 0.500. The number of rotatable bonds is 5. The van der Waals surface area contributed by atoms with Crippen LogP contribution in [0.5, 0.6) is 5.75 Å². The monoisotopic (exact) mass is 298 g/mol. The molecule has 2 rings (SSSR count). The zero-order valence-electron chi connectivity index (χ0n) is 11.3. The fourth-order valence-corrected chi connectivity index (χ4v) is 4.61. The summed E-state index contributed by atoms with van der Waals surface area (Å²) >= 11 is 0. The maximum absolute atomic E-state index is 12.5. The second-order valence-electron chi connectivity index (χ2n) is 5.02. The van der Waals surface area contributed by atoms with Crippen molar-refractivity contribution in [2.45, 2.75) is 35.8 Å². The van der Waals surface area contributed by atoms with Gasteiger partial charge in [-0.3, -0.25) is 4.79 Å². The molecule has 1 fully saturated rings. The lowest BCUT2D eigenvalue weighted by atomic mass is 10.0. The van der Waals surface area contributed by atoms with Crippen molar-refractivity contribution >= 4 is 15.8 Å². The molecule has 1 saturated carbocycles. The Morgan fingerprint density at radius 1 is 1.25 bits per heavy atom. The molecular weight excluding hydrogens is 280 g/mol. The molecule has 1 aromatic rings. The van der Waals surface area contributed by atoms with E-state index in [1.165, 1.54) is 31.4 Å². The minimum Gasteiger partial charge on any atom is -0.497 e. The van der Waals surface area contributed by atoms with Gasteiger partial charge in [0.15, 0.2) is 15.1 Å². The van der Waals surface area contributed by atoms with Crippen molar-refractivity contribution in [2.24, 2.45) is 5.92 Å². The zero-order valence-corrected chi connectivity index (χ0v) is 12.1. The first-order chi connectivity index (χ1) is 9.46. The Morgan fingerprint density at radius 3 is 2.25 bits per heavy atom. The van der Waals surface area contributed by atoms with Crippen LogP contribution in [-0.2, 0) is 14.6 Å². The summed E-state index contributed by atoms with van der Waals surface area (Å²) in [5, 5.41) is 7.98. The molecular formula is C14H18O5S. The summed E-state index contributed by atoms with van der Waals surface area (Å²) in [5.74, 6) is -1.01. The molecule has 1 aliphatic rings. The second-order valence-corrected chi connectivity index (χ2v) is 7.09. The third-order valence-electron chi connectivity index (χ3n) is 3.79. The third kappa shape index (κ3) is 2.80. The molecule has 1 unspecified atom stereocenters. The summed E-state index contributed by atoms with van der Waals surface area (Å²) in [6.45, 7) is 0. The van der Waals surface area contributed by atoms with E-state index in [9.17, 15) is 18.3 Å². The summed E-state index contributed by atoms with van der Waals surface area (Å²) in [6.07, 6.45) is 3.11. The van der Waals surface area contributed by atoms with Crippen LogP contribution in [0.25, 0.3) is 0 Å². The number of carboxylic acids is 1. The molecule has 0 amide bonds. The van der Waals surface area contributed by atoms with Gasteiger partial charge in [-0.15, -0.1) is 0 Å². The zero-order chi connectivity index (χ0) is 14.8. The van der Waals surface area contributed by atoms with E-state index in [1.807, 2.05) is 0 Å². The predicted molar refractivity (Wildman–Crippen MR) is 73.6 cm³/mol. The van der Waals surface area contributed by atoms with Crippen LogP contribution in [0.4, 0.5) is 0 Å². The molecule has 0 spiro atoms. The average Bonchev–Trinajstić information content (AvgIpc) is 2.91. The SMILES string of the molecule is COc1ccc(S(=O)(=O)C(C(=O)O)C2CCCC2)cc1. The number of benzene rings is 1. The Balaban J connectivity index is 2.36. The summed E-state index contributed by atoms with van der Waals surface area (Å²) in [7, 11) is -2.38. The molecule has 0 bridgehead atoms. The van der Waals surface area contributed by atoms with Crippen LogP contribution in [0.15, 0.2) is 29.2 Å². The van der Waals surface area contributed by atoms with Gasteiger partial charge in [0.2, 0.25) is 0 Å². The molecule has 1 aliphatic carbocycles. The van der Waals surface area contributed by atoms with Crippen LogP contribution >= 0.6 is 0 Å². The van der Waals surface area contributed by atoms with E-state index in [4.69, 9.17) is 4.74 Å².